The van der Waals surface area contributed by atoms with Crippen LogP contribution >= 0.6 is 11.3 Å². The second-order valence-corrected chi connectivity index (χ2v) is 7.04. The van der Waals surface area contributed by atoms with E-state index in [-0.39, 0.29) is 17.2 Å². The van der Waals surface area contributed by atoms with E-state index in [1.54, 1.807) is 9.95 Å². The number of thiazole rings is 1. The molecule has 2 aromatic heterocycles. The molecule has 1 amide bonds. The van der Waals surface area contributed by atoms with Gasteiger partial charge in [0.05, 0.1) is 0 Å². The third-order valence-corrected chi connectivity index (χ3v) is 5.04. The molecular formula is C20H21N3O2S. The summed E-state index contributed by atoms with van der Waals surface area (Å²) in [6, 6.07) is 13.9. The fourth-order valence-corrected chi connectivity index (χ4v) is 3.42. The molecule has 3 rings (SSSR count). The van der Waals surface area contributed by atoms with Crippen molar-refractivity contribution in [3.8, 4) is 0 Å². The first-order valence-electron chi connectivity index (χ1n) is 8.46. The molecule has 26 heavy (non-hydrogen) atoms. The number of rotatable bonds is 5. The fourth-order valence-electron chi connectivity index (χ4n) is 2.66. The Morgan fingerprint density at radius 1 is 1.12 bits per heavy atom. The lowest BCUT2D eigenvalue weighted by molar-refractivity contribution is -0.118. The minimum absolute atomic E-state index is 0.0375. The molecule has 2 heterocycles. The maximum Gasteiger partial charge on any atom is 0.307 e. The normalized spacial score (nSPS) is 11.7. The van der Waals surface area contributed by atoms with Gasteiger partial charge in [-0.25, -0.2) is 0 Å². The van der Waals surface area contributed by atoms with Gasteiger partial charge in [0.15, 0.2) is 0 Å². The lowest BCUT2D eigenvalue weighted by atomic mass is 10.1. The van der Waals surface area contributed by atoms with Crippen LogP contribution in [0.4, 0.5) is 0 Å². The highest BCUT2D eigenvalue weighted by molar-refractivity contribution is 7.07. The molecule has 5 nitrogen and oxygen atoms in total. The minimum Gasteiger partial charge on any atom is -0.329 e. The summed E-state index contributed by atoms with van der Waals surface area (Å²) in [5.74, 6) is -0.230. The van der Waals surface area contributed by atoms with Crippen LogP contribution in [0.1, 0.15) is 23.2 Å². The highest BCUT2D eigenvalue weighted by Crippen LogP contribution is 2.04. The molecule has 1 aromatic carbocycles. The van der Waals surface area contributed by atoms with Gasteiger partial charge in [0.2, 0.25) is 5.91 Å². The van der Waals surface area contributed by atoms with Crippen LogP contribution in [0.15, 0.2) is 63.8 Å². The van der Waals surface area contributed by atoms with Crippen molar-refractivity contribution in [2.75, 3.05) is 0 Å². The Labute approximate surface area is 155 Å². The maximum atomic E-state index is 12.3. The van der Waals surface area contributed by atoms with Crippen molar-refractivity contribution in [3.63, 3.8) is 0 Å². The van der Waals surface area contributed by atoms with E-state index in [0.29, 0.717) is 18.6 Å². The zero-order valence-corrected chi connectivity index (χ0v) is 15.7. The molecule has 0 N–H and O–H groups in total. The molecule has 0 atom stereocenters. The van der Waals surface area contributed by atoms with E-state index in [0.717, 1.165) is 22.6 Å². The summed E-state index contributed by atoms with van der Waals surface area (Å²) in [6.07, 6.45) is 2.12. The van der Waals surface area contributed by atoms with E-state index in [1.165, 1.54) is 5.56 Å². The summed E-state index contributed by atoms with van der Waals surface area (Å²) in [4.78, 5) is 28.2. The number of aromatic nitrogens is 2. The van der Waals surface area contributed by atoms with Gasteiger partial charge in [-0.1, -0.05) is 47.2 Å². The molecule has 0 saturated carbocycles. The van der Waals surface area contributed by atoms with Crippen molar-refractivity contribution in [1.29, 1.82) is 0 Å². The molecule has 0 bridgehead atoms. The van der Waals surface area contributed by atoms with Gasteiger partial charge in [-0.2, -0.15) is 4.99 Å². The van der Waals surface area contributed by atoms with Crippen molar-refractivity contribution >= 4 is 17.2 Å². The largest absolute Gasteiger partial charge is 0.329 e. The average Bonchev–Trinajstić information content (AvgIpc) is 2.95. The topological polar surface area (TPSA) is 56.4 Å². The van der Waals surface area contributed by atoms with E-state index in [9.17, 15) is 9.59 Å². The standard InChI is InChI=1S/C20H21N3O2S/c1-15-6-8-17(9-7-15)13-22-11-4-3-5-18(22)21-19(24)10-12-23-16(2)14-26-20(23)25/h3-9,11,14H,10,12-13H2,1-2H3. The van der Waals surface area contributed by atoms with Crippen LogP contribution in [0.3, 0.4) is 0 Å². The van der Waals surface area contributed by atoms with E-state index in [2.05, 4.69) is 36.2 Å². The van der Waals surface area contributed by atoms with Gasteiger partial charge in [0.1, 0.15) is 5.49 Å². The lowest BCUT2D eigenvalue weighted by Gasteiger charge is -2.08. The summed E-state index contributed by atoms with van der Waals surface area (Å²) in [6.45, 7) is 4.93. The summed E-state index contributed by atoms with van der Waals surface area (Å²) < 4.78 is 3.56. The predicted octanol–water partition coefficient (Wildman–Crippen LogP) is 2.89. The highest BCUT2D eigenvalue weighted by atomic mass is 32.1. The molecule has 0 saturated heterocycles. The molecule has 0 radical (unpaired) electrons. The smallest absolute Gasteiger partial charge is 0.307 e. The molecular weight excluding hydrogens is 346 g/mol. The zero-order chi connectivity index (χ0) is 18.5. The van der Waals surface area contributed by atoms with E-state index in [4.69, 9.17) is 0 Å². The van der Waals surface area contributed by atoms with Gasteiger partial charge in [-0.15, -0.1) is 0 Å². The Morgan fingerprint density at radius 3 is 2.58 bits per heavy atom. The average molecular weight is 367 g/mol. The van der Waals surface area contributed by atoms with Crippen LogP contribution in [0.5, 0.6) is 0 Å². The van der Waals surface area contributed by atoms with Crippen molar-refractivity contribution < 1.29 is 4.79 Å². The summed E-state index contributed by atoms with van der Waals surface area (Å²) in [5, 5.41) is 1.80. The van der Waals surface area contributed by atoms with E-state index < -0.39 is 0 Å². The van der Waals surface area contributed by atoms with E-state index >= 15 is 0 Å². The van der Waals surface area contributed by atoms with Gasteiger partial charge >= 0.3 is 4.87 Å². The minimum atomic E-state index is -0.230. The SMILES string of the molecule is Cc1ccc(Cn2ccccc2=NC(=O)CCn2c(C)csc2=O)cc1. The highest BCUT2D eigenvalue weighted by Gasteiger charge is 2.06. The monoisotopic (exact) mass is 367 g/mol. The first kappa shape index (κ1) is 18.1. The predicted molar refractivity (Wildman–Crippen MR) is 103 cm³/mol. The number of hydrogen-bond acceptors (Lipinski definition) is 3. The Balaban J connectivity index is 1.76. The summed E-state index contributed by atoms with van der Waals surface area (Å²) in [7, 11) is 0. The molecule has 0 fully saturated rings. The van der Waals surface area contributed by atoms with Crippen LogP contribution < -0.4 is 10.4 Å². The summed E-state index contributed by atoms with van der Waals surface area (Å²) >= 11 is 1.15. The third kappa shape index (κ3) is 4.46. The molecule has 0 aliphatic heterocycles. The van der Waals surface area contributed by atoms with Crippen LogP contribution in [0.2, 0.25) is 0 Å². The zero-order valence-electron chi connectivity index (χ0n) is 14.9. The van der Waals surface area contributed by atoms with Gasteiger partial charge < -0.3 is 9.13 Å². The van der Waals surface area contributed by atoms with Crippen molar-refractivity contribution in [2.45, 2.75) is 33.4 Å². The molecule has 0 unspecified atom stereocenters. The van der Waals surface area contributed by atoms with Crippen molar-refractivity contribution in [1.82, 2.24) is 9.13 Å². The first-order valence-corrected chi connectivity index (χ1v) is 9.34. The molecule has 0 aliphatic carbocycles. The first-order chi connectivity index (χ1) is 12.5. The van der Waals surface area contributed by atoms with Crippen LogP contribution in [0, 0.1) is 13.8 Å². The van der Waals surface area contributed by atoms with E-state index in [1.807, 2.05) is 35.9 Å². The number of amides is 1. The van der Waals surface area contributed by atoms with Gasteiger partial charge in [0.25, 0.3) is 0 Å². The van der Waals surface area contributed by atoms with Crippen LogP contribution in [-0.4, -0.2) is 15.0 Å². The molecule has 134 valence electrons. The molecule has 3 aromatic rings. The Hall–Kier alpha value is -2.73. The van der Waals surface area contributed by atoms with Crippen LogP contribution in [0.25, 0.3) is 0 Å². The van der Waals surface area contributed by atoms with Gasteiger partial charge in [0, 0.05) is 36.8 Å². The summed E-state index contributed by atoms with van der Waals surface area (Å²) in [5.41, 5.74) is 3.86. The molecule has 0 spiro atoms. The second-order valence-electron chi connectivity index (χ2n) is 6.22. The third-order valence-electron chi connectivity index (χ3n) is 4.16. The van der Waals surface area contributed by atoms with Crippen molar-refractivity contribution in [3.05, 3.63) is 86.0 Å². The molecule has 6 heteroatoms. The maximum absolute atomic E-state index is 12.3. The number of aryl methyl sites for hydroxylation is 2. The fraction of sp³-hybridized carbons (Fsp3) is 0.250. The van der Waals surface area contributed by atoms with Gasteiger partial charge in [-0.05, 0) is 31.5 Å². The number of hydrogen-bond donors (Lipinski definition) is 0. The Kier molecular flexibility index (Phi) is 5.63. The second kappa shape index (κ2) is 8.10. The number of carbonyl (C=O) groups excluding carboxylic acids is 1. The Bertz CT molecular complexity index is 1030. The quantitative estimate of drug-likeness (QED) is 0.696. The van der Waals surface area contributed by atoms with Crippen molar-refractivity contribution in [2.24, 2.45) is 4.99 Å². The molecule has 0 aliphatic rings. The lowest BCUT2D eigenvalue weighted by Crippen LogP contribution is -2.23. The number of pyridine rings is 1. The number of carbonyl (C=O) groups is 1. The number of nitrogens with zero attached hydrogens (tertiary/aromatic N) is 3. The number of benzene rings is 1. The van der Waals surface area contributed by atoms with Crippen LogP contribution in [-0.2, 0) is 17.9 Å². The Morgan fingerprint density at radius 2 is 1.88 bits per heavy atom. The van der Waals surface area contributed by atoms with Gasteiger partial charge in [-0.3, -0.25) is 9.59 Å².